The fraction of sp³-hybridized carbons (Fsp3) is 0.500. The molecule has 0 amide bonds. The van der Waals surface area contributed by atoms with Gasteiger partial charge in [0.25, 0.3) is 0 Å². The zero-order valence-corrected chi connectivity index (χ0v) is 11.6. The van der Waals surface area contributed by atoms with Gasteiger partial charge in [0, 0.05) is 30.9 Å². The van der Waals surface area contributed by atoms with Crippen LogP contribution in [0.5, 0.6) is 0 Å². The molecule has 1 aliphatic heterocycles. The number of imidazole rings is 1. The second-order valence-corrected chi connectivity index (χ2v) is 5.50. The molecule has 1 saturated heterocycles. The van der Waals surface area contributed by atoms with Crippen molar-refractivity contribution in [1.29, 1.82) is 0 Å². The van der Waals surface area contributed by atoms with Gasteiger partial charge in [0.1, 0.15) is 0 Å². The van der Waals surface area contributed by atoms with Crippen molar-refractivity contribution in [2.45, 2.75) is 19.6 Å². The zero-order chi connectivity index (χ0) is 13.2. The van der Waals surface area contributed by atoms with Crippen molar-refractivity contribution in [2.75, 3.05) is 19.7 Å². The third-order valence-electron chi connectivity index (χ3n) is 3.11. The molecule has 1 fully saturated rings. The maximum Gasteiger partial charge on any atom is 0.193 e. The highest BCUT2D eigenvalue weighted by molar-refractivity contribution is 7.15. The molecule has 1 aliphatic rings. The first-order valence-electron chi connectivity index (χ1n) is 6.30. The lowest BCUT2D eigenvalue weighted by molar-refractivity contribution is 0.00528. The van der Waals surface area contributed by atoms with Gasteiger partial charge in [0.05, 0.1) is 24.9 Å². The lowest BCUT2D eigenvalue weighted by Gasteiger charge is -2.31. The molecule has 2 aromatic heterocycles. The quantitative estimate of drug-likeness (QED) is 0.656. The molecule has 2 N–H and O–H groups in total. The SMILES string of the molecule is CC1CN(C(N)=NCc2cn3ccsc3n2)CCO1. The first-order chi connectivity index (χ1) is 9.22. The number of guanidine groups is 1. The number of aromatic nitrogens is 2. The summed E-state index contributed by atoms with van der Waals surface area (Å²) in [6.07, 6.45) is 4.19. The maximum absolute atomic E-state index is 6.02. The highest BCUT2D eigenvalue weighted by atomic mass is 32.1. The van der Waals surface area contributed by atoms with E-state index in [-0.39, 0.29) is 6.10 Å². The molecule has 0 bridgehead atoms. The molecule has 0 radical (unpaired) electrons. The summed E-state index contributed by atoms with van der Waals surface area (Å²) >= 11 is 1.62. The monoisotopic (exact) mass is 279 g/mol. The highest BCUT2D eigenvalue weighted by Gasteiger charge is 2.17. The number of thiazole rings is 1. The predicted molar refractivity (Wildman–Crippen MR) is 75.4 cm³/mol. The van der Waals surface area contributed by atoms with Crippen molar-refractivity contribution in [3.63, 3.8) is 0 Å². The van der Waals surface area contributed by atoms with Gasteiger partial charge < -0.3 is 15.4 Å². The fourth-order valence-corrected chi connectivity index (χ4v) is 2.86. The molecule has 0 aliphatic carbocycles. The second kappa shape index (κ2) is 5.18. The molecular weight excluding hydrogens is 262 g/mol. The summed E-state index contributed by atoms with van der Waals surface area (Å²) < 4.78 is 7.49. The van der Waals surface area contributed by atoms with E-state index in [0.29, 0.717) is 19.1 Å². The van der Waals surface area contributed by atoms with Crippen LogP contribution in [0.3, 0.4) is 0 Å². The molecule has 0 aromatic carbocycles. The van der Waals surface area contributed by atoms with Gasteiger partial charge in [-0.2, -0.15) is 0 Å². The van der Waals surface area contributed by atoms with Crippen molar-refractivity contribution in [1.82, 2.24) is 14.3 Å². The standard InChI is InChI=1S/C12H17N5OS/c1-9-7-16(2-4-18-9)11(13)14-6-10-8-17-3-5-19-12(17)15-10/h3,5,8-9H,2,4,6-7H2,1H3,(H2,13,14). The molecule has 19 heavy (non-hydrogen) atoms. The molecule has 0 spiro atoms. The van der Waals surface area contributed by atoms with Crippen LogP contribution in [0, 0.1) is 0 Å². The molecular formula is C12H17N5OS. The maximum atomic E-state index is 6.02. The van der Waals surface area contributed by atoms with E-state index in [1.165, 1.54) is 0 Å². The molecule has 3 rings (SSSR count). The van der Waals surface area contributed by atoms with Crippen LogP contribution >= 0.6 is 11.3 Å². The van der Waals surface area contributed by atoms with Crippen LogP contribution in [0.1, 0.15) is 12.6 Å². The Morgan fingerprint density at radius 2 is 2.58 bits per heavy atom. The van der Waals surface area contributed by atoms with Crippen LogP contribution < -0.4 is 5.73 Å². The number of nitrogens with two attached hydrogens (primary N) is 1. The summed E-state index contributed by atoms with van der Waals surface area (Å²) in [4.78, 5) is 12.0. The zero-order valence-electron chi connectivity index (χ0n) is 10.8. The summed E-state index contributed by atoms with van der Waals surface area (Å²) in [5.74, 6) is 0.575. The average Bonchev–Trinajstić information content (AvgIpc) is 2.96. The van der Waals surface area contributed by atoms with Gasteiger partial charge in [-0.15, -0.1) is 11.3 Å². The molecule has 6 nitrogen and oxygen atoms in total. The average molecular weight is 279 g/mol. The third kappa shape index (κ3) is 2.71. The van der Waals surface area contributed by atoms with Crippen molar-refractivity contribution >= 4 is 22.3 Å². The number of rotatable bonds is 2. The van der Waals surface area contributed by atoms with E-state index in [0.717, 1.165) is 23.7 Å². The van der Waals surface area contributed by atoms with E-state index >= 15 is 0 Å². The highest BCUT2D eigenvalue weighted by Crippen LogP contribution is 2.12. The van der Waals surface area contributed by atoms with E-state index in [4.69, 9.17) is 10.5 Å². The first kappa shape index (κ1) is 12.4. The lowest BCUT2D eigenvalue weighted by atomic mass is 10.3. The Hall–Kier alpha value is -1.60. The van der Waals surface area contributed by atoms with E-state index in [9.17, 15) is 0 Å². The molecule has 2 aromatic rings. The normalized spacial score (nSPS) is 21.2. The van der Waals surface area contributed by atoms with Crippen LogP contribution in [0.25, 0.3) is 4.96 Å². The number of hydrogen-bond acceptors (Lipinski definition) is 4. The summed E-state index contributed by atoms with van der Waals surface area (Å²) in [6, 6.07) is 0. The van der Waals surface area contributed by atoms with Gasteiger partial charge in [0.15, 0.2) is 10.9 Å². The molecule has 1 unspecified atom stereocenters. The Balaban J connectivity index is 1.66. The number of fused-ring (bicyclic) bond motifs is 1. The van der Waals surface area contributed by atoms with Gasteiger partial charge in [-0.05, 0) is 6.92 Å². The van der Waals surface area contributed by atoms with E-state index < -0.39 is 0 Å². The number of hydrogen-bond donors (Lipinski definition) is 1. The summed E-state index contributed by atoms with van der Waals surface area (Å²) in [7, 11) is 0. The number of morpholine rings is 1. The van der Waals surface area contributed by atoms with Gasteiger partial charge in [-0.1, -0.05) is 0 Å². The lowest BCUT2D eigenvalue weighted by Crippen LogP contribution is -2.47. The van der Waals surface area contributed by atoms with Crippen LogP contribution in [-0.2, 0) is 11.3 Å². The Kier molecular flexibility index (Phi) is 3.39. The summed E-state index contributed by atoms with van der Waals surface area (Å²) in [5, 5.41) is 2.01. The Morgan fingerprint density at radius 1 is 1.68 bits per heavy atom. The minimum atomic E-state index is 0.209. The smallest absolute Gasteiger partial charge is 0.193 e. The third-order valence-corrected chi connectivity index (χ3v) is 3.88. The van der Waals surface area contributed by atoms with E-state index in [1.807, 2.05) is 29.1 Å². The molecule has 102 valence electrons. The predicted octanol–water partition coefficient (Wildman–Crippen LogP) is 0.931. The summed E-state index contributed by atoms with van der Waals surface area (Å²) in [6.45, 7) is 4.87. The van der Waals surface area contributed by atoms with E-state index in [1.54, 1.807) is 11.3 Å². The first-order valence-corrected chi connectivity index (χ1v) is 7.18. The van der Waals surface area contributed by atoms with Crippen LogP contribution in [0.4, 0.5) is 0 Å². The number of nitrogens with zero attached hydrogens (tertiary/aromatic N) is 4. The topological polar surface area (TPSA) is 68.2 Å². The minimum absolute atomic E-state index is 0.209. The molecule has 7 heteroatoms. The Morgan fingerprint density at radius 3 is 3.37 bits per heavy atom. The largest absolute Gasteiger partial charge is 0.375 e. The second-order valence-electron chi connectivity index (χ2n) is 4.63. The summed E-state index contributed by atoms with van der Waals surface area (Å²) in [5.41, 5.74) is 6.96. The van der Waals surface area contributed by atoms with Gasteiger partial charge in [0.2, 0.25) is 0 Å². The van der Waals surface area contributed by atoms with Crippen molar-refractivity contribution in [2.24, 2.45) is 10.7 Å². The fourth-order valence-electron chi connectivity index (χ4n) is 2.14. The Bertz CT molecular complexity index is 561. The molecule has 1 atom stereocenters. The molecule has 3 heterocycles. The van der Waals surface area contributed by atoms with Gasteiger partial charge in [-0.3, -0.25) is 4.40 Å². The van der Waals surface area contributed by atoms with Gasteiger partial charge in [-0.25, -0.2) is 9.98 Å². The Labute approximate surface area is 115 Å². The van der Waals surface area contributed by atoms with Crippen LogP contribution in [-0.4, -0.2) is 46.0 Å². The van der Waals surface area contributed by atoms with Crippen molar-refractivity contribution < 1.29 is 4.74 Å². The minimum Gasteiger partial charge on any atom is -0.375 e. The van der Waals surface area contributed by atoms with Gasteiger partial charge >= 0.3 is 0 Å². The van der Waals surface area contributed by atoms with Crippen LogP contribution in [0.15, 0.2) is 22.8 Å². The number of aliphatic imine (C=N–C) groups is 1. The van der Waals surface area contributed by atoms with Crippen LogP contribution in [0.2, 0.25) is 0 Å². The number of ether oxygens (including phenoxy) is 1. The van der Waals surface area contributed by atoms with E-state index in [2.05, 4.69) is 14.9 Å². The molecule has 0 saturated carbocycles. The van der Waals surface area contributed by atoms with Crippen molar-refractivity contribution in [3.8, 4) is 0 Å². The van der Waals surface area contributed by atoms with Crippen molar-refractivity contribution in [3.05, 3.63) is 23.5 Å².